The van der Waals surface area contributed by atoms with Gasteiger partial charge in [0.15, 0.2) is 5.13 Å². The summed E-state index contributed by atoms with van der Waals surface area (Å²) in [5.41, 5.74) is 2.30. The minimum Gasteiger partial charge on any atom is -0.337 e. The number of anilines is 1. The molecule has 0 bridgehead atoms. The van der Waals surface area contributed by atoms with Crippen LogP contribution in [0.1, 0.15) is 43.2 Å². The van der Waals surface area contributed by atoms with E-state index >= 15 is 0 Å². The maximum atomic E-state index is 14.4. The summed E-state index contributed by atoms with van der Waals surface area (Å²) in [6.07, 6.45) is 10.1. The Balaban J connectivity index is 1.53. The summed E-state index contributed by atoms with van der Waals surface area (Å²) in [4.78, 5) is 25.3. The average Bonchev–Trinajstić information content (AvgIpc) is 3.61. The van der Waals surface area contributed by atoms with E-state index in [9.17, 15) is 4.79 Å². The van der Waals surface area contributed by atoms with Gasteiger partial charge in [0.25, 0.3) is 0 Å². The van der Waals surface area contributed by atoms with Crippen LogP contribution >= 0.6 is 34.5 Å². The number of aryl methyl sites for hydroxylation is 2. The van der Waals surface area contributed by atoms with Crippen LogP contribution in [0.2, 0.25) is 10.0 Å². The Bertz CT molecular complexity index is 1290. The van der Waals surface area contributed by atoms with E-state index in [0.29, 0.717) is 16.6 Å². The smallest absolute Gasteiger partial charge is 0.239 e. The van der Waals surface area contributed by atoms with Crippen LogP contribution in [0.25, 0.3) is 10.2 Å². The predicted molar refractivity (Wildman–Crippen MR) is 140 cm³/mol. The molecule has 0 saturated heterocycles. The summed E-state index contributed by atoms with van der Waals surface area (Å²) in [6.45, 7) is 3.35. The van der Waals surface area contributed by atoms with Crippen LogP contribution in [0.5, 0.6) is 0 Å². The van der Waals surface area contributed by atoms with Crippen LogP contribution < -0.4 is 4.90 Å². The summed E-state index contributed by atoms with van der Waals surface area (Å²) in [7, 11) is 0. The van der Waals surface area contributed by atoms with Crippen LogP contribution in [0, 0.1) is 6.92 Å². The SMILES string of the molecule is Cc1c(Cl)ccc2sc(N(CCCn3ccnc3)C(=O)C3(c4ccc(Cl)cc4)CCCC3)nc12. The highest BCUT2D eigenvalue weighted by atomic mass is 35.5. The molecule has 2 aromatic carbocycles. The lowest BCUT2D eigenvalue weighted by molar-refractivity contribution is -0.124. The molecule has 0 N–H and O–H groups in total. The molecule has 0 atom stereocenters. The van der Waals surface area contributed by atoms with Gasteiger partial charge in [-0.2, -0.15) is 0 Å². The third-order valence-electron chi connectivity index (χ3n) is 6.83. The van der Waals surface area contributed by atoms with Gasteiger partial charge >= 0.3 is 0 Å². The molecule has 0 aliphatic heterocycles. The van der Waals surface area contributed by atoms with Gasteiger partial charge in [0.1, 0.15) is 0 Å². The largest absolute Gasteiger partial charge is 0.337 e. The number of imidazole rings is 1. The fourth-order valence-corrected chi connectivity index (χ4v) is 6.28. The molecule has 34 heavy (non-hydrogen) atoms. The molecule has 0 spiro atoms. The molecule has 2 heterocycles. The Morgan fingerprint density at radius 2 is 1.91 bits per heavy atom. The summed E-state index contributed by atoms with van der Waals surface area (Å²) in [5.74, 6) is 0.126. The van der Waals surface area contributed by atoms with Crippen LogP contribution in [-0.2, 0) is 16.8 Å². The summed E-state index contributed by atoms with van der Waals surface area (Å²) in [5, 5.41) is 2.10. The fraction of sp³-hybridized carbons (Fsp3) is 0.346. The lowest BCUT2D eigenvalue weighted by Gasteiger charge is -2.34. The lowest BCUT2D eigenvalue weighted by Crippen LogP contribution is -2.46. The molecule has 176 valence electrons. The number of fused-ring (bicyclic) bond motifs is 1. The standard InChI is InChI=1S/C26H26Cl2N4OS/c1-18-21(28)9-10-22-23(18)30-25(34-22)32(15-4-14-31-16-13-29-17-31)24(33)26(11-2-3-12-26)19-5-7-20(27)8-6-19/h5-10,13,16-17H,2-4,11-12,14-15H2,1H3. The molecule has 1 fully saturated rings. The van der Waals surface area contributed by atoms with Gasteiger partial charge in [-0.25, -0.2) is 9.97 Å². The van der Waals surface area contributed by atoms with E-state index in [-0.39, 0.29) is 5.91 Å². The zero-order valence-corrected chi connectivity index (χ0v) is 21.3. The molecule has 1 amide bonds. The van der Waals surface area contributed by atoms with Crippen molar-refractivity contribution in [1.82, 2.24) is 14.5 Å². The number of hydrogen-bond donors (Lipinski definition) is 0. The van der Waals surface area contributed by atoms with Crippen LogP contribution in [0.3, 0.4) is 0 Å². The minimum atomic E-state index is -0.551. The van der Waals surface area contributed by atoms with Gasteiger partial charge in [0, 0.05) is 35.5 Å². The van der Waals surface area contributed by atoms with E-state index < -0.39 is 5.41 Å². The van der Waals surface area contributed by atoms with E-state index in [4.69, 9.17) is 28.2 Å². The Morgan fingerprint density at radius 3 is 2.62 bits per heavy atom. The number of aromatic nitrogens is 3. The Hall–Kier alpha value is -2.41. The first kappa shape index (κ1) is 23.3. The Morgan fingerprint density at radius 1 is 1.15 bits per heavy atom. The molecule has 0 unspecified atom stereocenters. The molecule has 5 nitrogen and oxygen atoms in total. The highest BCUT2D eigenvalue weighted by Crippen LogP contribution is 2.44. The van der Waals surface area contributed by atoms with Crippen LogP contribution in [0.15, 0.2) is 55.1 Å². The second-order valence-electron chi connectivity index (χ2n) is 8.92. The number of benzene rings is 2. The molecule has 0 radical (unpaired) electrons. The van der Waals surface area contributed by atoms with Crippen LogP contribution in [-0.4, -0.2) is 27.0 Å². The van der Waals surface area contributed by atoms with Gasteiger partial charge in [-0.15, -0.1) is 0 Å². The van der Waals surface area contributed by atoms with Crippen molar-refractivity contribution in [1.29, 1.82) is 0 Å². The maximum absolute atomic E-state index is 14.4. The molecule has 1 aliphatic carbocycles. The number of hydrogen-bond acceptors (Lipinski definition) is 4. The van der Waals surface area contributed by atoms with Gasteiger partial charge in [0.2, 0.25) is 5.91 Å². The van der Waals surface area contributed by atoms with E-state index in [0.717, 1.165) is 65.1 Å². The molecule has 5 rings (SSSR count). The molecule has 8 heteroatoms. The predicted octanol–water partition coefficient (Wildman–Crippen LogP) is 7.04. The Kier molecular flexibility index (Phi) is 6.65. The zero-order valence-electron chi connectivity index (χ0n) is 19.0. The van der Waals surface area contributed by atoms with Crippen molar-refractivity contribution >= 4 is 55.8 Å². The van der Waals surface area contributed by atoms with Crippen molar-refractivity contribution in [3.8, 4) is 0 Å². The van der Waals surface area contributed by atoms with Crippen molar-refractivity contribution in [3.05, 3.63) is 76.3 Å². The molecule has 2 aromatic heterocycles. The summed E-state index contributed by atoms with van der Waals surface area (Å²) in [6, 6.07) is 11.7. The van der Waals surface area contributed by atoms with Gasteiger partial charge < -0.3 is 4.57 Å². The van der Waals surface area contributed by atoms with E-state index in [2.05, 4.69) is 4.98 Å². The Labute approximate surface area is 213 Å². The third kappa shape index (κ3) is 4.35. The topological polar surface area (TPSA) is 51.0 Å². The highest BCUT2D eigenvalue weighted by Gasteiger charge is 2.45. The summed E-state index contributed by atoms with van der Waals surface area (Å²) >= 11 is 14.1. The fourth-order valence-electron chi connectivity index (χ4n) is 4.95. The normalized spacial score (nSPS) is 15.1. The molecular formula is C26H26Cl2N4OS. The van der Waals surface area contributed by atoms with E-state index in [1.807, 2.05) is 59.0 Å². The first-order valence-corrected chi connectivity index (χ1v) is 13.1. The second-order valence-corrected chi connectivity index (χ2v) is 10.8. The van der Waals surface area contributed by atoms with Gasteiger partial charge in [-0.1, -0.05) is 59.5 Å². The molecule has 1 saturated carbocycles. The number of halogens is 2. The quantitative estimate of drug-likeness (QED) is 0.266. The number of rotatable bonds is 7. The van der Waals surface area contributed by atoms with Crippen molar-refractivity contribution in [2.75, 3.05) is 11.4 Å². The number of carbonyl (C=O) groups excluding carboxylic acids is 1. The van der Waals surface area contributed by atoms with Gasteiger partial charge in [-0.3, -0.25) is 9.69 Å². The molecule has 4 aromatic rings. The van der Waals surface area contributed by atoms with Crippen molar-refractivity contribution in [2.24, 2.45) is 0 Å². The molecule has 1 aliphatic rings. The van der Waals surface area contributed by atoms with Crippen molar-refractivity contribution < 1.29 is 4.79 Å². The average molecular weight is 513 g/mol. The van der Waals surface area contributed by atoms with Crippen molar-refractivity contribution in [3.63, 3.8) is 0 Å². The number of carbonyl (C=O) groups is 1. The number of amides is 1. The monoisotopic (exact) mass is 512 g/mol. The minimum absolute atomic E-state index is 0.126. The highest BCUT2D eigenvalue weighted by molar-refractivity contribution is 7.22. The number of thiazole rings is 1. The number of nitrogens with zero attached hydrogens (tertiary/aromatic N) is 4. The van der Waals surface area contributed by atoms with Gasteiger partial charge in [0.05, 0.1) is 22.0 Å². The third-order valence-corrected chi connectivity index (χ3v) is 8.54. The van der Waals surface area contributed by atoms with Crippen molar-refractivity contribution in [2.45, 2.75) is 51.0 Å². The molecular weight excluding hydrogens is 487 g/mol. The first-order chi connectivity index (χ1) is 16.5. The maximum Gasteiger partial charge on any atom is 0.239 e. The summed E-state index contributed by atoms with van der Waals surface area (Å²) < 4.78 is 3.08. The van der Waals surface area contributed by atoms with E-state index in [1.165, 1.54) is 0 Å². The zero-order chi connectivity index (χ0) is 23.7. The second kappa shape index (κ2) is 9.68. The lowest BCUT2D eigenvalue weighted by atomic mass is 9.77. The van der Waals surface area contributed by atoms with Crippen LogP contribution in [0.4, 0.5) is 5.13 Å². The van der Waals surface area contributed by atoms with Gasteiger partial charge in [-0.05, 0) is 61.6 Å². The van der Waals surface area contributed by atoms with E-state index in [1.54, 1.807) is 23.9 Å². The first-order valence-electron chi connectivity index (χ1n) is 11.6.